The number of aromatic nitrogens is 1. The van der Waals surface area contributed by atoms with Crippen molar-refractivity contribution in [1.82, 2.24) is 9.71 Å². The Bertz CT molecular complexity index is 770. The first-order valence-corrected chi connectivity index (χ1v) is 8.27. The summed E-state index contributed by atoms with van der Waals surface area (Å²) < 4.78 is 27.8. The Hall–Kier alpha value is -1.64. The van der Waals surface area contributed by atoms with Gasteiger partial charge in [-0.3, -0.25) is 0 Å². The van der Waals surface area contributed by atoms with Gasteiger partial charge in [0.25, 0.3) is 0 Å². The number of hydrogen-bond donors (Lipinski definition) is 3. The monoisotopic (exact) mass is 372 g/mol. The molecule has 6 nitrogen and oxygen atoms in total. The fourth-order valence-electron chi connectivity index (χ4n) is 1.84. The summed E-state index contributed by atoms with van der Waals surface area (Å²) in [6, 6.07) is 7.88. The Morgan fingerprint density at radius 1 is 1.38 bits per heavy atom. The third-order valence-electron chi connectivity index (χ3n) is 2.90. The third-order valence-corrected chi connectivity index (χ3v) is 5.14. The second kappa shape index (κ2) is 6.00. The minimum atomic E-state index is -3.80. The number of benzene rings is 1. The quantitative estimate of drug-likeness (QED) is 0.750. The van der Waals surface area contributed by atoms with Crippen molar-refractivity contribution in [1.29, 1.82) is 0 Å². The number of hydrogen-bond acceptors (Lipinski definition) is 3. The van der Waals surface area contributed by atoms with Gasteiger partial charge in [-0.25, -0.2) is 17.9 Å². The van der Waals surface area contributed by atoms with Crippen molar-refractivity contribution in [3.05, 3.63) is 52.3 Å². The van der Waals surface area contributed by atoms with E-state index in [9.17, 15) is 13.2 Å². The molecule has 0 fully saturated rings. The lowest BCUT2D eigenvalue weighted by atomic mass is 10.1. The van der Waals surface area contributed by atoms with Crippen molar-refractivity contribution < 1.29 is 18.3 Å². The topological polar surface area (TPSA) is 99.3 Å². The number of sulfonamides is 1. The highest BCUT2D eigenvalue weighted by atomic mass is 79.9. The number of carbonyl (C=O) groups is 1. The van der Waals surface area contributed by atoms with E-state index in [4.69, 9.17) is 5.11 Å². The molecule has 0 radical (unpaired) electrons. The predicted molar refractivity (Wildman–Crippen MR) is 80.6 cm³/mol. The van der Waals surface area contributed by atoms with E-state index in [2.05, 4.69) is 25.6 Å². The molecule has 0 amide bonds. The first-order valence-electron chi connectivity index (χ1n) is 6.00. The standard InChI is InChI=1S/C13H13BrN2O4S/c1-8(10-4-2-3-5-11(10)14)16-21(19,20)9-6-12(13(17)18)15-7-9/h2-8,15-16H,1H3,(H,17,18). The zero-order valence-electron chi connectivity index (χ0n) is 11.0. The van der Waals surface area contributed by atoms with Gasteiger partial charge in [0.15, 0.2) is 0 Å². The Morgan fingerprint density at radius 2 is 2.05 bits per heavy atom. The zero-order chi connectivity index (χ0) is 15.6. The number of aromatic amines is 1. The number of carboxylic acids is 1. The van der Waals surface area contributed by atoms with E-state index in [1.54, 1.807) is 13.0 Å². The first kappa shape index (κ1) is 15.7. The fraction of sp³-hybridized carbons (Fsp3) is 0.154. The van der Waals surface area contributed by atoms with Gasteiger partial charge in [-0.15, -0.1) is 0 Å². The van der Waals surface area contributed by atoms with Crippen molar-refractivity contribution >= 4 is 31.9 Å². The summed E-state index contributed by atoms with van der Waals surface area (Å²) in [7, 11) is -3.80. The molecule has 2 rings (SSSR count). The van der Waals surface area contributed by atoms with Gasteiger partial charge in [0.2, 0.25) is 10.0 Å². The van der Waals surface area contributed by atoms with Crippen LogP contribution in [0, 0.1) is 0 Å². The lowest BCUT2D eigenvalue weighted by Crippen LogP contribution is -2.26. The molecule has 0 saturated carbocycles. The summed E-state index contributed by atoms with van der Waals surface area (Å²) in [5, 5.41) is 8.81. The average Bonchev–Trinajstić information content (AvgIpc) is 2.89. The van der Waals surface area contributed by atoms with Crippen LogP contribution in [0.25, 0.3) is 0 Å². The summed E-state index contributed by atoms with van der Waals surface area (Å²) >= 11 is 3.37. The highest BCUT2D eigenvalue weighted by Gasteiger charge is 2.22. The van der Waals surface area contributed by atoms with Crippen molar-refractivity contribution in [3.8, 4) is 0 Å². The number of rotatable bonds is 5. The molecular weight excluding hydrogens is 360 g/mol. The number of halogens is 1. The molecule has 0 saturated heterocycles. The Morgan fingerprint density at radius 3 is 2.62 bits per heavy atom. The maximum atomic E-state index is 12.2. The molecule has 0 aliphatic heterocycles. The number of carboxylic acid groups (broad SMARTS) is 1. The molecular formula is C13H13BrN2O4S. The molecule has 1 aromatic heterocycles. The summed E-state index contributed by atoms with van der Waals surface area (Å²) in [6.07, 6.45) is 1.15. The molecule has 21 heavy (non-hydrogen) atoms. The molecule has 3 N–H and O–H groups in total. The van der Waals surface area contributed by atoms with Gasteiger partial charge in [0.05, 0.1) is 0 Å². The summed E-state index contributed by atoms with van der Waals surface area (Å²) in [5.74, 6) is -1.21. The van der Waals surface area contributed by atoms with E-state index < -0.39 is 22.0 Å². The van der Waals surface area contributed by atoms with Crippen LogP contribution < -0.4 is 4.72 Å². The molecule has 0 bridgehead atoms. The fourth-order valence-corrected chi connectivity index (χ4v) is 3.69. The predicted octanol–water partition coefficient (Wildman–Crippen LogP) is 2.51. The second-order valence-electron chi connectivity index (χ2n) is 4.42. The number of nitrogens with one attached hydrogen (secondary N) is 2. The van der Waals surface area contributed by atoms with Crippen LogP contribution in [-0.2, 0) is 10.0 Å². The molecule has 1 unspecified atom stereocenters. The van der Waals surface area contributed by atoms with Crippen molar-refractivity contribution in [3.63, 3.8) is 0 Å². The van der Waals surface area contributed by atoms with E-state index in [0.717, 1.165) is 22.3 Å². The number of aromatic carboxylic acids is 1. The smallest absolute Gasteiger partial charge is 0.352 e. The minimum absolute atomic E-state index is 0.112. The van der Waals surface area contributed by atoms with Crippen LogP contribution in [0.15, 0.2) is 45.9 Å². The van der Waals surface area contributed by atoms with Gasteiger partial charge in [-0.2, -0.15) is 0 Å². The van der Waals surface area contributed by atoms with Gasteiger partial charge < -0.3 is 10.1 Å². The highest BCUT2D eigenvalue weighted by Crippen LogP contribution is 2.24. The molecule has 8 heteroatoms. The van der Waals surface area contributed by atoms with Crippen LogP contribution in [0.1, 0.15) is 29.0 Å². The van der Waals surface area contributed by atoms with Gasteiger partial charge in [0.1, 0.15) is 10.6 Å². The lowest BCUT2D eigenvalue weighted by Gasteiger charge is -2.15. The third kappa shape index (κ3) is 3.52. The van der Waals surface area contributed by atoms with Crippen molar-refractivity contribution in [2.75, 3.05) is 0 Å². The molecule has 112 valence electrons. The summed E-state index contributed by atoms with van der Waals surface area (Å²) in [5.41, 5.74) is 0.610. The van der Waals surface area contributed by atoms with Gasteiger partial charge >= 0.3 is 5.97 Å². The Balaban J connectivity index is 2.24. The molecule has 1 atom stereocenters. The normalized spacial score (nSPS) is 13.0. The van der Waals surface area contributed by atoms with E-state index in [1.165, 1.54) is 0 Å². The van der Waals surface area contributed by atoms with Crippen LogP contribution in [0.5, 0.6) is 0 Å². The molecule has 0 aliphatic carbocycles. The first-order chi connectivity index (χ1) is 9.81. The van der Waals surface area contributed by atoms with Gasteiger partial charge in [0, 0.05) is 16.7 Å². The van der Waals surface area contributed by atoms with Crippen LogP contribution in [0.4, 0.5) is 0 Å². The van der Waals surface area contributed by atoms with E-state index in [0.29, 0.717) is 0 Å². The van der Waals surface area contributed by atoms with E-state index in [-0.39, 0.29) is 10.6 Å². The summed E-state index contributed by atoms with van der Waals surface area (Å²) in [4.78, 5) is 13.1. The van der Waals surface area contributed by atoms with Crippen LogP contribution >= 0.6 is 15.9 Å². The van der Waals surface area contributed by atoms with Crippen molar-refractivity contribution in [2.24, 2.45) is 0 Å². The summed E-state index contributed by atoms with van der Waals surface area (Å²) in [6.45, 7) is 1.71. The van der Waals surface area contributed by atoms with Gasteiger partial charge in [-0.05, 0) is 24.6 Å². The molecule has 1 heterocycles. The van der Waals surface area contributed by atoms with Crippen molar-refractivity contribution in [2.45, 2.75) is 17.9 Å². The Labute approximate surface area is 130 Å². The minimum Gasteiger partial charge on any atom is -0.477 e. The van der Waals surface area contributed by atoms with E-state index in [1.807, 2.05) is 18.2 Å². The molecule has 0 spiro atoms. The van der Waals surface area contributed by atoms with Crippen LogP contribution in [0.2, 0.25) is 0 Å². The molecule has 1 aromatic carbocycles. The zero-order valence-corrected chi connectivity index (χ0v) is 13.4. The second-order valence-corrected chi connectivity index (χ2v) is 6.99. The van der Waals surface area contributed by atoms with Gasteiger partial charge in [-0.1, -0.05) is 34.1 Å². The molecule has 0 aliphatic rings. The average molecular weight is 373 g/mol. The lowest BCUT2D eigenvalue weighted by molar-refractivity contribution is 0.0691. The van der Waals surface area contributed by atoms with Crippen LogP contribution in [-0.4, -0.2) is 24.5 Å². The highest BCUT2D eigenvalue weighted by molar-refractivity contribution is 9.10. The maximum Gasteiger partial charge on any atom is 0.352 e. The maximum absolute atomic E-state index is 12.2. The van der Waals surface area contributed by atoms with Crippen LogP contribution in [0.3, 0.4) is 0 Å². The van der Waals surface area contributed by atoms with E-state index >= 15 is 0 Å². The molecule has 2 aromatic rings. The SMILES string of the molecule is CC(NS(=O)(=O)c1c[nH]c(C(=O)O)c1)c1ccccc1Br. The largest absolute Gasteiger partial charge is 0.477 e. The Kier molecular flexibility index (Phi) is 4.50. The number of H-pyrrole nitrogens is 1.